The van der Waals surface area contributed by atoms with Crippen molar-refractivity contribution in [1.29, 1.82) is 0 Å². The number of nitrogens with zero attached hydrogens (tertiary/aromatic N) is 2. The monoisotopic (exact) mass is 241 g/mol. The molecular weight excluding hydrogens is 222 g/mol. The van der Waals surface area contributed by atoms with Crippen LogP contribution in [-0.4, -0.2) is 16.3 Å². The van der Waals surface area contributed by atoms with E-state index in [4.69, 9.17) is 0 Å². The molecule has 3 rings (SSSR count). The molecule has 0 atom stereocenters. The number of aromatic nitrogens is 2. The summed E-state index contributed by atoms with van der Waals surface area (Å²) < 4.78 is 2.31. The van der Waals surface area contributed by atoms with Gasteiger partial charge in [-0.3, -0.25) is 4.68 Å². The van der Waals surface area contributed by atoms with Gasteiger partial charge in [0.25, 0.3) is 0 Å². The Morgan fingerprint density at radius 3 is 2.81 bits per heavy atom. The van der Waals surface area contributed by atoms with E-state index < -0.39 is 0 Å². The first kappa shape index (κ1) is 11.8. The molecule has 1 aliphatic heterocycles. The van der Waals surface area contributed by atoms with Gasteiger partial charge in [-0.2, -0.15) is 5.10 Å². The lowest BCUT2D eigenvalue weighted by molar-refractivity contribution is 0.321. The van der Waals surface area contributed by atoms with Gasteiger partial charge in [-0.05, 0) is 25.7 Å². The Hall–Kier alpha value is -0.700. The summed E-state index contributed by atoms with van der Waals surface area (Å²) >= 11 is 0. The molecule has 0 saturated heterocycles. The predicted molar refractivity (Wildman–Crippen MR) is 68.4 cm³/mol. The molecule has 2 aliphatic rings. The molecule has 0 aromatic carbocycles. The van der Waals surface area contributed by atoms with Gasteiger partial charge < -0.3 is 5.32 Å². The van der Waals surface area contributed by atoms with Crippen molar-refractivity contribution in [2.24, 2.45) is 0 Å². The van der Waals surface area contributed by atoms with Crippen molar-refractivity contribution in [3.8, 4) is 0 Å². The first-order valence-electron chi connectivity index (χ1n) is 6.25. The van der Waals surface area contributed by atoms with Gasteiger partial charge in [0.15, 0.2) is 0 Å². The van der Waals surface area contributed by atoms with Gasteiger partial charge in [0, 0.05) is 6.54 Å². The molecule has 0 amide bonds. The van der Waals surface area contributed by atoms with Crippen LogP contribution in [0.1, 0.15) is 50.3 Å². The van der Waals surface area contributed by atoms with Crippen LogP contribution < -0.4 is 5.32 Å². The van der Waals surface area contributed by atoms with Crippen molar-refractivity contribution >= 4 is 18.1 Å². The van der Waals surface area contributed by atoms with Gasteiger partial charge in [-0.1, -0.05) is 19.3 Å². The second-order valence-electron chi connectivity index (χ2n) is 4.77. The Balaban J connectivity index is 0.000000963. The summed E-state index contributed by atoms with van der Waals surface area (Å²) in [5.41, 5.74) is 2.74. The average Bonchev–Trinajstić information content (AvgIpc) is 2.74. The number of nitrogens with one attached hydrogen (secondary N) is 1. The van der Waals surface area contributed by atoms with Gasteiger partial charge >= 0.3 is 0 Å². The maximum absolute atomic E-state index is 4.58. The van der Waals surface area contributed by atoms with Crippen molar-refractivity contribution in [2.75, 3.05) is 11.9 Å². The Kier molecular flexibility index (Phi) is 3.74. The Morgan fingerprint density at radius 2 is 2.00 bits per heavy atom. The van der Waals surface area contributed by atoms with Crippen molar-refractivity contribution in [2.45, 2.75) is 51.0 Å². The summed E-state index contributed by atoms with van der Waals surface area (Å²) in [5, 5.41) is 8.01. The number of fused-ring (bicyclic) bond motifs is 1. The molecule has 1 saturated carbocycles. The summed E-state index contributed by atoms with van der Waals surface area (Å²) in [6.07, 6.45) is 11.3. The van der Waals surface area contributed by atoms with Crippen LogP contribution in [0.4, 0.5) is 5.69 Å². The first-order valence-corrected chi connectivity index (χ1v) is 6.25. The Bertz CT molecular complexity index is 342. The Morgan fingerprint density at radius 1 is 1.19 bits per heavy atom. The lowest BCUT2D eigenvalue weighted by atomic mass is 9.95. The topological polar surface area (TPSA) is 29.9 Å². The van der Waals surface area contributed by atoms with Gasteiger partial charge in [-0.25, -0.2) is 0 Å². The molecule has 0 spiro atoms. The zero-order chi connectivity index (χ0) is 10.1. The number of rotatable bonds is 1. The highest BCUT2D eigenvalue weighted by atomic mass is 35.5. The third-order valence-corrected chi connectivity index (χ3v) is 3.73. The van der Waals surface area contributed by atoms with Gasteiger partial charge in [0.2, 0.25) is 0 Å². The summed E-state index contributed by atoms with van der Waals surface area (Å²) in [6.45, 7) is 1.11. The third kappa shape index (κ3) is 2.05. The van der Waals surface area contributed by atoms with Crippen molar-refractivity contribution in [1.82, 2.24) is 9.78 Å². The maximum Gasteiger partial charge on any atom is 0.0759 e. The van der Waals surface area contributed by atoms with Crippen molar-refractivity contribution in [3.63, 3.8) is 0 Å². The standard InChI is InChI=1S/C12H19N3.ClH/c1-2-5-10(6-3-1)15-12-7-4-8-13-11(12)9-14-15;/h9-10,13H,1-8H2;1H. The molecule has 1 N–H and O–H groups in total. The summed E-state index contributed by atoms with van der Waals surface area (Å²) in [7, 11) is 0. The minimum atomic E-state index is 0. The van der Waals surface area contributed by atoms with Crippen LogP contribution in [-0.2, 0) is 6.42 Å². The van der Waals surface area contributed by atoms with E-state index in [0.717, 1.165) is 6.54 Å². The predicted octanol–water partition coefficient (Wildman–Crippen LogP) is 3.17. The largest absolute Gasteiger partial charge is 0.382 e. The van der Waals surface area contributed by atoms with E-state index >= 15 is 0 Å². The van der Waals surface area contributed by atoms with Crippen LogP contribution in [0.25, 0.3) is 0 Å². The van der Waals surface area contributed by atoms with Crippen LogP contribution in [0.15, 0.2) is 6.20 Å². The molecule has 0 radical (unpaired) electrons. The fraction of sp³-hybridized carbons (Fsp3) is 0.750. The molecule has 90 valence electrons. The van der Waals surface area contributed by atoms with Crippen LogP contribution in [0, 0.1) is 0 Å². The highest BCUT2D eigenvalue weighted by molar-refractivity contribution is 5.85. The van der Waals surface area contributed by atoms with E-state index in [1.165, 1.54) is 56.3 Å². The van der Waals surface area contributed by atoms with E-state index in [-0.39, 0.29) is 12.4 Å². The number of hydrogen-bond donors (Lipinski definition) is 1. The van der Waals surface area contributed by atoms with Crippen molar-refractivity contribution in [3.05, 3.63) is 11.9 Å². The zero-order valence-electron chi connectivity index (χ0n) is 9.61. The lowest BCUT2D eigenvalue weighted by Gasteiger charge is -2.25. The lowest BCUT2D eigenvalue weighted by Crippen LogP contribution is -2.19. The molecule has 16 heavy (non-hydrogen) atoms. The highest BCUT2D eigenvalue weighted by Gasteiger charge is 2.21. The molecule has 1 aromatic heterocycles. The van der Waals surface area contributed by atoms with E-state index in [0.29, 0.717) is 6.04 Å². The van der Waals surface area contributed by atoms with Gasteiger partial charge in [0.05, 0.1) is 23.6 Å². The molecule has 4 heteroatoms. The molecule has 0 unspecified atom stereocenters. The minimum absolute atomic E-state index is 0. The van der Waals surface area contributed by atoms with Crippen LogP contribution in [0.2, 0.25) is 0 Å². The summed E-state index contributed by atoms with van der Waals surface area (Å²) in [6, 6.07) is 0.683. The summed E-state index contributed by atoms with van der Waals surface area (Å²) in [5.74, 6) is 0. The van der Waals surface area contributed by atoms with Crippen LogP contribution in [0.5, 0.6) is 0 Å². The second-order valence-corrected chi connectivity index (χ2v) is 4.77. The molecule has 1 aliphatic carbocycles. The van der Waals surface area contributed by atoms with Crippen molar-refractivity contribution < 1.29 is 0 Å². The fourth-order valence-corrected chi connectivity index (χ4v) is 2.90. The van der Waals surface area contributed by atoms with E-state index in [1.807, 2.05) is 6.20 Å². The normalized spacial score (nSPS) is 20.8. The maximum atomic E-state index is 4.58. The van der Waals surface area contributed by atoms with Crippen LogP contribution in [0.3, 0.4) is 0 Å². The summed E-state index contributed by atoms with van der Waals surface area (Å²) in [4.78, 5) is 0. The molecule has 1 aromatic rings. The smallest absolute Gasteiger partial charge is 0.0759 e. The second kappa shape index (κ2) is 5.09. The van der Waals surface area contributed by atoms with Gasteiger partial charge in [0.1, 0.15) is 0 Å². The van der Waals surface area contributed by atoms with E-state index in [9.17, 15) is 0 Å². The minimum Gasteiger partial charge on any atom is -0.382 e. The van der Waals surface area contributed by atoms with E-state index in [2.05, 4.69) is 15.1 Å². The number of halogens is 1. The average molecular weight is 242 g/mol. The molecule has 3 nitrogen and oxygen atoms in total. The molecule has 0 bridgehead atoms. The number of anilines is 1. The zero-order valence-corrected chi connectivity index (χ0v) is 10.4. The van der Waals surface area contributed by atoms with Crippen LogP contribution >= 0.6 is 12.4 Å². The van der Waals surface area contributed by atoms with Gasteiger partial charge in [-0.15, -0.1) is 12.4 Å². The fourth-order valence-electron chi connectivity index (χ4n) is 2.90. The first-order chi connectivity index (χ1) is 7.45. The SMILES string of the molecule is Cl.c1nn(C2CCCCC2)c2c1NCCC2. The highest BCUT2D eigenvalue weighted by Crippen LogP contribution is 2.32. The quantitative estimate of drug-likeness (QED) is 0.819. The molecule has 1 fully saturated rings. The Labute approximate surface area is 103 Å². The van der Waals surface area contributed by atoms with E-state index in [1.54, 1.807) is 0 Å². The molecular formula is C12H20ClN3. The number of hydrogen-bond acceptors (Lipinski definition) is 2. The molecule has 2 heterocycles. The third-order valence-electron chi connectivity index (χ3n) is 3.73.